The number of rotatable bonds is 10. The topological polar surface area (TPSA) is 49.4 Å². The number of halogens is 1. The molecule has 1 atom stereocenters. The van der Waals surface area contributed by atoms with Gasteiger partial charge in [0, 0.05) is 24.5 Å². The van der Waals surface area contributed by atoms with Crippen LogP contribution < -0.4 is 5.32 Å². The van der Waals surface area contributed by atoms with Crippen LogP contribution in [0.1, 0.15) is 41.2 Å². The number of benzene rings is 3. The van der Waals surface area contributed by atoms with Crippen molar-refractivity contribution >= 4 is 23.4 Å². The average molecular weight is 477 g/mol. The Kier molecular flexibility index (Phi) is 9.29. The molecule has 34 heavy (non-hydrogen) atoms. The molecule has 3 aromatic rings. The summed E-state index contributed by atoms with van der Waals surface area (Å²) in [4.78, 5) is 28.8. The van der Waals surface area contributed by atoms with Gasteiger partial charge < -0.3 is 10.2 Å². The van der Waals surface area contributed by atoms with Crippen molar-refractivity contribution in [2.75, 3.05) is 6.54 Å². The number of aryl methyl sites for hydroxylation is 2. The molecule has 0 spiro atoms. The molecule has 0 aliphatic rings. The fraction of sp³-hybridized carbons (Fsp3) is 0.310. The van der Waals surface area contributed by atoms with E-state index in [1.165, 1.54) is 5.56 Å². The Morgan fingerprint density at radius 1 is 0.882 bits per heavy atom. The minimum Gasteiger partial charge on any atom is -0.354 e. The highest BCUT2D eigenvalue weighted by Crippen LogP contribution is 2.19. The summed E-state index contributed by atoms with van der Waals surface area (Å²) in [5, 5.41) is 3.65. The van der Waals surface area contributed by atoms with Gasteiger partial charge in [0.2, 0.25) is 11.8 Å². The summed E-state index contributed by atoms with van der Waals surface area (Å²) < 4.78 is 0. The van der Waals surface area contributed by atoms with Crippen LogP contribution >= 0.6 is 11.6 Å². The van der Waals surface area contributed by atoms with Crippen molar-refractivity contribution in [1.29, 1.82) is 0 Å². The first kappa shape index (κ1) is 25.5. The maximum absolute atomic E-state index is 13.7. The molecule has 0 saturated carbocycles. The summed E-state index contributed by atoms with van der Waals surface area (Å²) in [6.45, 7) is 7.03. The number of hydrogen-bond acceptors (Lipinski definition) is 2. The molecule has 2 amide bonds. The van der Waals surface area contributed by atoms with Crippen molar-refractivity contribution in [3.05, 3.63) is 106 Å². The fourth-order valence-corrected chi connectivity index (χ4v) is 4.02. The summed E-state index contributed by atoms with van der Waals surface area (Å²) in [6, 6.07) is 22.7. The number of nitrogens with zero attached hydrogens (tertiary/aromatic N) is 1. The molecule has 0 aromatic heterocycles. The summed E-state index contributed by atoms with van der Waals surface area (Å²) >= 11 is 6.08. The van der Waals surface area contributed by atoms with Crippen LogP contribution in [-0.4, -0.2) is 29.3 Å². The van der Waals surface area contributed by atoms with Gasteiger partial charge in [-0.2, -0.15) is 0 Å². The van der Waals surface area contributed by atoms with Crippen molar-refractivity contribution in [2.24, 2.45) is 0 Å². The van der Waals surface area contributed by atoms with E-state index >= 15 is 0 Å². The van der Waals surface area contributed by atoms with Crippen LogP contribution in [0.2, 0.25) is 5.02 Å². The SMILES string of the molecule is CCCNC(=O)[C@@H](Cc1ccccc1)N(Cc1ccc(Cl)cc1)C(=O)Cc1ccc(C)c(C)c1. The smallest absolute Gasteiger partial charge is 0.243 e. The third kappa shape index (κ3) is 7.19. The van der Waals surface area contributed by atoms with Gasteiger partial charge in [0.15, 0.2) is 0 Å². The van der Waals surface area contributed by atoms with Crippen molar-refractivity contribution < 1.29 is 9.59 Å². The number of carbonyl (C=O) groups excluding carboxylic acids is 2. The van der Waals surface area contributed by atoms with Crippen LogP contribution in [0.25, 0.3) is 0 Å². The Hall–Kier alpha value is -3.11. The summed E-state index contributed by atoms with van der Waals surface area (Å²) in [6.07, 6.45) is 1.52. The maximum atomic E-state index is 13.7. The first-order valence-corrected chi connectivity index (χ1v) is 12.2. The van der Waals surface area contributed by atoms with E-state index in [-0.39, 0.29) is 18.2 Å². The van der Waals surface area contributed by atoms with Gasteiger partial charge in [0.05, 0.1) is 6.42 Å². The second-order valence-corrected chi connectivity index (χ2v) is 9.18. The van der Waals surface area contributed by atoms with E-state index in [1.54, 1.807) is 4.90 Å². The normalized spacial score (nSPS) is 11.6. The molecule has 5 heteroatoms. The maximum Gasteiger partial charge on any atom is 0.243 e. The van der Waals surface area contributed by atoms with E-state index in [4.69, 9.17) is 11.6 Å². The zero-order chi connectivity index (χ0) is 24.5. The predicted molar refractivity (Wildman–Crippen MR) is 139 cm³/mol. The molecule has 0 bridgehead atoms. The number of amides is 2. The lowest BCUT2D eigenvalue weighted by molar-refractivity contribution is -0.140. The van der Waals surface area contributed by atoms with E-state index in [1.807, 2.05) is 80.6 Å². The monoisotopic (exact) mass is 476 g/mol. The molecule has 0 aliphatic carbocycles. The number of hydrogen-bond donors (Lipinski definition) is 1. The minimum atomic E-state index is -0.622. The van der Waals surface area contributed by atoms with Gasteiger partial charge in [0.1, 0.15) is 6.04 Å². The Bertz CT molecular complexity index is 1100. The molecule has 3 aromatic carbocycles. The molecule has 0 saturated heterocycles. The van der Waals surface area contributed by atoms with Gasteiger partial charge in [0.25, 0.3) is 0 Å². The van der Waals surface area contributed by atoms with E-state index in [2.05, 4.69) is 18.3 Å². The molecule has 0 heterocycles. The highest BCUT2D eigenvalue weighted by atomic mass is 35.5. The first-order valence-electron chi connectivity index (χ1n) is 11.8. The molecular weight excluding hydrogens is 444 g/mol. The van der Waals surface area contributed by atoms with Crippen LogP contribution in [0, 0.1) is 13.8 Å². The summed E-state index contributed by atoms with van der Waals surface area (Å²) in [5.74, 6) is -0.209. The highest BCUT2D eigenvalue weighted by Gasteiger charge is 2.30. The zero-order valence-electron chi connectivity index (χ0n) is 20.2. The minimum absolute atomic E-state index is 0.0780. The molecule has 0 fully saturated rings. The summed E-state index contributed by atoms with van der Waals surface area (Å²) in [7, 11) is 0. The zero-order valence-corrected chi connectivity index (χ0v) is 20.9. The predicted octanol–water partition coefficient (Wildman–Crippen LogP) is 5.67. The van der Waals surface area contributed by atoms with E-state index in [9.17, 15) is 9.59 Å². The van der Waals surface area contributed by atoms with Crippen molar-refractivity contribution in [1.82, 2.24) is 10.2 Å². The van der Waals surface area contributed by atoms with Gasteiger partial charge in [-0.1, -0.05) is 79.2 Å². The fourth-order valence-electron chi connectivity index (χ4n) is 3.90. The largest absolute Gasteiger partial charge is 0.354 e. The third-order valence-corrected chi connectivity index (χ3v) is 6.27. The van der Waals surface area contributed by atoms with Crippen LogP contribution in [0.4, 0.5) is 0 Å². The molecule has 1 N–H and O–H groups in total. The van der Waals surface area contributed by atoms with E-state index < -0.39 is 6.04 Å². The molecule has 0 aliphatic heterocycles. The Labute approximate surface area is 207 Å². The van der Waals surface area contributed by atoms with E-state index in [0.29, 0.717) is 24.5 Å². The van der Waals surface area contributed by atoms with Gasteiger partial charge in [-0.15, -0.1) is 0 Å². The van der Waals surface area contributed by atoms with Gasteiger partial charge in [-0.05, 0) is 60.2 Å². The first-order chi connectivity index (χ1) is 16.4. The van der Waals surface area contributed by atoms with Crippen molar-refractivity contribution in [3.63, 3.8) is 0 Å². The molecule has 4 nitrogen and oxygen atoms in total. The molecule has 0 unspecified atom stereocenters. The average Bonchev–Trinajstić information content (AvgIpc) is 2.84. The van der Waals surface area contributed by atoms with Gasteiger partial charge in [-0.3, -0.25) is 9.59 Å². The van der Waals surface area contributed by atoms with Crippen LogP contribution in [0.3, 0.4) is 0 Å². The second kappa shape index (κ2) is 12.4. The second-order valence-electron chi connectivity index (χ2n) is 8.74. The Morgan fingerprint density at radius 3 is 2.21 bits per heavy atom. The molecule has 0 radical (unpaired) electrons. The van der Waals surface area contributed by atoms with Crippen LogP contribution in [0.15, 0.2) is 72.8 Å². The standard InChI is InChI=1S/C29H33ClN2O2/c1-4-16-31-29(34)27(18-23-8-6-5-7-9-23)32(20-24-12-14-26(30)15-13-24)28(33)19-25-11-10-21(2)22(3)17-25/h5-15,17,27H,4,16,18-20H2,1-3H3,(H,31,34)/t27-/m1/s1. The third-order valence-electron chi connectivity index (χ3n) is 6.01. The van der Waals surface area contributed by atoms with Crippen molar-refractivity contribution in [2.45, 2.75) is 52.6 Å². The number of nitrogens with one attached hydrogen (secondary N) is 1. The van der Waals surface area contributed by atoms with Gasteiger partial charge >= 0.3 is 0 Å². The van der Waals surface area contributed by atoms with Crippen molar-refractivity contribution in [3.8, 4) is 0 Å². The van der Waals surface area contributed by atoms with Crippen LogP contribution in [-0.2, 0) is 29.0 Å². The van der Waals surface area contributed by atoms with E-state index in [0.717, 1.165) is 28.7 Å². The highest BCUT2D eigenvalue weighted by molar-refractivity contribution is 6.30. The quantitative estimate of drug-likeness (QED) is 0.410. The van der Waals surface area contributed by atoms with Crippen LogP contribution in [0.5, 0.6) is 0 Å². The molecule has 178 valence electrons. The Morgan fingerprint density at radius 2 is 1.56 bits per heavy atom. The lowest BCUT2D eigenvalue weighted by Crippen LogP contribution is -2.51. The lowest BCUT2D eigenvalue weighted by atomic mass is 10.00. The lowest BCUT2D eigenvalue weighted by Gasteiger charge is -2.32. The molecular formula is C29H33ClN2O2. The molecule has 3 rings (SSSR count). The summed E-state index contributed by atoms with van der Waals surface area (Å²) in [5.41, 5.74) is 5.23. The number of carbonyl (C=O) groups is 2. The Balaban J connectivity index is 1.95. The van der Waals surface area contributed by atoms with Gasteiger partial charge in [-0.25, -0.2) is 0 Å².